The Morgan fingerprint density at radius 3 is 2.78 bits per heavy atom. The molecule has 2 amide bonds. The van der Waals surface area contributed by atoms with E-state index in [2.05, 4.69) is 4.98 Å². The largest absolute Gasteiger partial charge is 0.370 e. The lowest BCUT2D eigenvalue weighted by Gasteiger charge is -2.24. The van der Waals surface area contributed by atoms with Crippen LogP contribution in [0.25, 0.3) is 0 Å². The fraction of sp³-hybridized carbons (Fsp3) is 0.471. The molecule has 27 heavy (non-hydrogen) atoms. The van der Waals surface area contributed by atoms with Crippen LogP contribution in [0.4, 0.5) is 0 Å². The number of Topliss-reactive ketones (excluding diaryl/α,β-unsaturated/α-hetero) is 1. The molecule has 2 saturated heterocycles. The number of pyridine rings is 1. The number of ketones is 1. The summed E-state index contributed by atoms with van der Waals surface area (Å²) in [6, 6.07) is 3.68. The fourth-order valence-corrected chi connectivity index (χ4v) is 5.26. The number of likely N-dealkylation sites (tertiary alicyclic amines) is 1. The van der Waals surface area contributed by atoms with Crippen molar-refractivity contribution >= 4 is 27.6 Å². The van der Waals surface area contributed by atoms with Gasteiger partial charge in [-0.2, -0.15) is 4.31 Å². The fourth-order valence-electron chi connectivity index (χ4n) is 3.59. The Hall–Kier alpha value is -2.33. The zero-order valence-corrected chi connectivity index (χ0v) is 15.5. The molecule has 2 N–H and O–H groups in total. The highest BCUT2D eigenvalue weighted by molar-refractivity contribution is 7.88. The Bertz CT molecular complexity index is 842. The van der Waals surface area contributed by atoms with Crippen molar-refractivity contribution in [3.63, 3.8) is 0 Å². The van der Waals surface area contributed by atoms with Crippen LogP contribution in [0, 0.1) is 6.42 Å². The summed E-state index contributed by atoms with van der Waals surface area (Å²) in [6.07, 6.45) is 3.48. The summed E-state index contributed by atoms with van der Waals surface area (Å²) in [6.45, 7) is 0.0537. The Morgan fingerprint density at radius 2 is 2.11 bits per heavy atom. The lowest BCUT2D eigenvalue weighted by molar-refractivity contribution is -0.133. The topological polar surface area (TPSA) is 131 Å². The number of carbonyl (C=O) groups excluding carboxylic acids is 3. The van der Waals surface area contributed by atoms with Crippen LogP contribution in [-0.2, 0) is 30.2 Å². The molecule has 3 heterocycles. The highest BCUT2D eigenvalue weighted by Crippen LogP contribution is 2.33. The van der Waals surface area contributed by atoms with Crippen molar-refractivity contribution < 1.29 is 22.8 Å². The quantitative estimate of drug-likeness (QED) is 0.648. The van der Waals surface area contributed by atoms with E-state index < -0.39 is 28.0 Å². The second-order valence-electron chi connectivity index (χ2n) is 6.63. The Morgan fingerprint density at radius 1 is 1.33 bits per heavy atom. The van der Waals surface area contributed by atoms with Crippen LogP contribution in [0.2, 0.25) is 0 Å². The number of aromatic nitrogens is 1. The highest BCUT2D eigenvalue weighted by atomic mass is 32.2. The monoisotopic (exact) mass is 393 g/mol. The molecule has 0 aromatic carbocycles. The number of nitrogens with zero attached hydrogens (tertiary/aromatic N) is 3. The van der Waals surface area contributed by atoms with Gasteiger partial charge in [-0.05, 0) is 25.0 Å². The summed E-state index contributed by atoms with van der Waals surface area (Å²) in [5.41, 5.74) is 5.45. The van der Waals surface area contributed by atoms with Crippen LogP contribution in [0.1, 0.15) is 25.0 Å². The standard InChI is InChI=1S/C17H21N4O5S/c18-15(23)5-3-6-16(24)20-9-7-13-17(20)14(22)10-21(13)27(25,26)11-12-4-1-2-8-19-12/h1-2,4,6,8,13,17H,3,5,7,9-11H2,(H2,18,23). The van der Waals surface area contributed by atoms with Gasteiger partial charge in [0.2, 0.25) is 21.8 Å². The molecule has 0 bridgehead atoms. The smallest absolute Gasteiger partial charge is 0.227 e. The summed E-state index contributed by atoms with van der Waals surface area (Å²) in [5.74, 6) is -1.47. The molecular weight excluding hydrogens is 372 g/mol. The number of carbonyl (C=O) groups is 3. The number of hydrogen-bond acceptors (Lipinski definition) is 6. The van der Waals surface area contributed by atoms with E-state index in [9.17, 15) is 22.8 Å². The van der Waals surface area contributed by atoms with Crippen molar-refractivity contribution in [1.29, 1.82) is 0 Å². The first-order chi connectivity index (χ1) is 12.8. The molecule has 0 spiro atoms. The summed E-state index contributed by atoms with van der Waals surface area (Å²) in [7, 11) is -3.74. The van der Waals surface area contributed by atoms with Gasteiger partial charge in [-0.3, -0.25) is 19.4 Å². The number of primary amides is 1. The van der Waals surface area contributed by atoms with E-state index in [-0.39, 0.29) is 36.8 Å². The van der Waals surface area contributed by atoms with Crippen molar-refractivity contribution in [2.75, 3.05) is 13.1 Å². The highest BCUT2D eigenvalue weighted by Gasteiger charge is 2.53. The zero-order valence-electron chi connectivity index (χ0n) is 14.7. The van der Waals surface area contributed by atoms with E-state index in [0.29, 0.717) is 18.7 Å². The van der Waals surface area contributed by atoms with Crippen LogP contribution < -0.4 is 5.73 Å². The van der Waals surface area contributed by atoms with Crippen LogP contribution in [0.15, 0.2) is 24.4 Å². The molecule has 2 unspecified atom stereocenters. The minimum Gasteiger partial charge on any atom is -0.370 e. The molecule has 0 saturated carbocycles. The van der Waals surface area contributed by atoms with Gasteiger partial charge < -0.3 is 10.6 Å². The van der Waals surface area contributed by atoms with Gasteiger partial charge in [0.15, 0.2) is 5.78 Å². The molecular formula is C17H21N4O5S. The molecule has 2 aliphatic rings. The Balaban J connectivity index is 1.69. The number of nitrogens with two attached hydrogens (primary N) is 1. The molecule has 1 aromatic rings. The van der Waals surface area contributed by atoms with Gasteiger partial charge in [-0.25, -0.2) is 8.42 Å². The van der Waals surface area contributed by atoms with Gasteiger partial charge in [-0.15, -0.1) is 0 Å². The molecule has 3 rings (SSSR count). The van der Waals surface area contributed by atoms with Crippen molar-refractivity contribution in [3.05, 3.63) is 36.5 Å². The maximum absolute atomic E-state index is 12.8. The van der Waals surface area contributed by atoms with E-state index in [0.717, 1.165) is 0 Å². The molecule has 1 radical (unpaired) electrons. The third kappa shape index (κ3) is 4.16. The first-order valence-electron chi connectivity index (χ1n) is 8.64. The van der Waals surface area contributed by atoms with Crippen LogP contribution in [0.3, 0.4) is 0 Å². The predicted molar refractivity (Wildman–Crippen MR) is 95.2 cm³/mol. The summed E-state index contributed by atoms with van der Waals surface area (Å²) >= 11 is 0. The predicted octanol–water partition coefficient (Wildman–Crippen LogP) is -0.765. The molecule has 9 nitrogen and oxygen atoms in total. The number of amides is 2. The lowest BCUT2D eigenvalue weighted by Crippen LogP contribution is -2.43. The molecule has 2 atom stereocenters. The second kappa shape index (κ2) is 7.73. The van der Waals surface area contributed by atoms with Crippen LogP contribution in [0.5, 0.6) is 0 Å². The normalized spacial score (nSPS) is 22.8. The minimum atomic E-state index is -3.74. The maximum atomic E-state index is 12.8. The van der Waals surface area contributed by atoms with Gasteiger partial charge in [0.25, 0.3) is 0 Å². The van der Waals surface area contributed by atoms with E-state index in [1.165, 1.54) is 21.8 Å². The molecule has 2 fully saturated rings. The average Bonchev–Trinajstić information content (AvgIpc) is 3.17. The van der Waals surface area contributed by atoms with E-state index >= 15 is 0 Å². The Kier molecular flexibility index (Phi) is 5.56. The SMILES string of the molecule is NC(=O)CC[CH]C(=O)N1CCC2C1C(=O)CN2S(=O)(=O)Cc1ccccn1. The zero-order chi connectivity index (χ0) is 19.6. The first-order valence-corrected chi connectivity index (χ1v) is 10.2. The first kappa shape index (κ1) is 19.4. The average molecular weight is 393 g/mol. The van der Waals surface area contributed by atoms with Crippen LogP contribution in [-0.4, -0.2) is 65.4 Å². The summed E-state index contributed by atoms with van der Waals surface area (Å²) in [4.78, 5) is 41.0. The van der Waals surface area contributed by atoms with Gasteiger partial charge in [-0.1, -0.05) is 6.07 Å². The second-order valence-corrected chi connectivity index (χ2v) is 8.55. The van der Waals surface area contributed by atoms with Gasteiger partial charge in [0.1, 0.15) is 11.8 Å². The van der Waals surface area contributed by atoms with E-state index in [4.69, 9.17) is 5.73 Å². The van der Waals surface area contributed by atoms with Crippen molar-refractivity contribution in [1.82, 2.24) is 14.2 Å². The third-order valence-corrected chi connectivity index (χ3v) is 6.56. The molecule has 2 aliphatic heterocycles. The molecule has 145 valence electrons. The van der Waals surface area contributed by atoms with Crippen molar-refractivity contribution in [3.8, 4) is 0 Å². The van der Waals surface area contributed by atoms with Crippen molar-refractivity contribution in [2.24, 2.45) is 5.73 Å². The van der Waals surface area contributed by atoms with Gasteiger partial charge in [0.05, 0.1) is 24.7 Å². The van der Waals surface area contributed by atoms with E-state index in [1.54, 1.807) is 18.2 Å². The van der Waals surface area contributed by atoms with Gasteiger partial charge in [0, 0.05) is 19.2 Å². The van der Waals surface area contributed by atoms with E-state index in [1.807, 2.05) is 0 Å². The minimum absolute atomic E-state index is 0.0478. The summed E-state index contributed by atoms with van der Waals surface area (Å²) < 4.78 is 26.8. The molecule has 0 aliphatic carbocycles. The molecule has 10 heteroatoms. The summed E-state index contributed by atoms with van der Waals surface area (Å²) in [5, 5.41) is 0. The number of hydrogen-bond donors (Lipinski definition) is 1. The number of rotatable bonds is 7. The number of sulfonamides is 1. The number of fused-ring (bicyclic) bond motifs is 1. The van der Waals surface area contributed by atoms with Gasteiger partial charge >= 0.3 is 0 Å². The third-order valence-electron chi connectivity index (χ3n) is 4.78. The van der Waals surface area contributed by atoms with Crippen molar-refractivity contribution in [2.45, 2.75) is 37.1 Å². The molecule has 1 aromatic heterocycles. The Labute approximate surface area is 157 Å². The van der Waals surface area contributed by atoms with Crippen LogP contribution >= 0.6 is 0 Å². The lowest BCUT2D eigenvalue weighted by atomic mass is 10.1. The maximum Gasteiger partial charge on any atom is 0.227 e.